The van der Waals surface area contributed by atoms with Crippen LogP contribution in [0.1, 0.15) is 13.3 Å². The molecule has 0 spiro atoms. The summed E-state index contributed by atoms with van der Waals surface area (Å²) in [5, 5.41) is 6.28. The largest absolute Gasteiger partial charge is 0.355 e. The van der Waals surface area contributed by atoms with Crippen LogP contribution in [0.15, 0.2) is 24.3 Å². The lowest BCUT2D eigenvalue weighted by Crippen LogP contribution is -2.49. The van der Waals surface area contributed by atoms with E-state index < -0.39 is 0 Å². The first kappa shape index (κ1) is 18.7. The molecule has 1 aliphatic rings. The van der Waals surface area contributed by atoms with Crippen LogP contribution in [0.2, 0.25) is 5.02 Å². The number of nitrogens with one attached hydrogen (secondary N) is 2. The molecule has 1 aromatic rings. The Morgan fingerprint density at radius 1 is 1.12 bits per heavy atom. The topological polar surface area (TPSA) is 64.7 Å². The van der Waals surface area contributed by atoms with Crippen molar-refractivity contribution in [3.63, 3.8) is 0 Å². The van der Waals surface area contributed by atoms with Gasteiger partial charge in [0.1, 0.15) is 0 Å². The molecule has 0 aliphatic carbocycles. The van der Waals surface area contributed by atoms with E-state index in [1.54, 1.807) is 12.1 Å². The summed E-state index contributed by atoms with van der Waals surface area (Å²) in [6.07, 6.45) is 0.447. The van der Waals surface area contributed by atoms with Crippen molar-refractivity contribution >= 4 is 29.1 Å². The van der Waals surface area contributed by atoms with Crippen molar-refractivity contribution in [3.8, 4) is 0 Å². The summed E-state index contributed by atoms with van der Waals surface area (Å²) < 4.78 is 0. The highest BCUT2D eigenvalue weighted by atomic mass is 35.5. The number of carbonyl (C=O) groups excluding carboxylic acids is 2. The standard InChI is InChI=1S/C17H25ClN4O2/c1-2-19-17(24)13-22-10-8-21(9-11-22)7-6-16(23)20-15-5-3-4-14(18)12-15/h3-5,12H,2,6-11,13H2,1H3,(H,19,24)(H,20,23). The maximum Gasteiger partial charge on any atom is 0.234 e. The average Bonchev–Trinajstić information content (AvgIpc) is 2.54. The van der Waals surface area contributed by atoms with Gasteiger partial charge in [-0.05, 0) is 25.1 Å². The van der Waals surface area contributed by atoms with E-state index in [0.29, 0.717) is 24.5 Å². The molecule has 0 aromatic heterocycles. The second-order valence-corrected chi connectivity index (χ2v) is 6.32. The Labute approximate surface area is 148 Å². The van der Waals surface area contributed by atoms with Gasteiger partial charge in [0, 0.05) is 56.4 Å². The Balaban J connectivity index is 1.65. The number of likely N-dealkylation sites (N-methyl/N-ethyl adjacent to an activating group) is 1. The van der Waals surface area contributed by atoms with Gasteiger partial charge in [-0.15, -0.1) is 0 Å². The highest BCUT2D eigenvalue weighted by molar-refractivity contribution is 6.30. The maximum absolute atomic E-state index is 12.0. The van der Waals surface area contributed by atoms with Crippen molar-refractivity contribution in [2.45, 2.75) is 13.3 Å². The van der Waals surface area contributed by atoms with Crippen LogP contribution in [0.25, 0.3) is 0 Å². The van der Waals surface area contributed by atoms with Crippen molar-refractivity contribution in [1.82, 2.24) is 15.1 Å². The number of nitrogens with zero attached hydrogens (tertiary/aromatic N) is 2. The Kier molecular flexibility index (Phi) is 7.49. The molecule has 1 heterocycles. The van der Waals surface area contributed by atoms with Crippen LogP contribution < -0.4 is 10.6 Å². The van der Waals surface area contributed by atoms with Crippen LogP contribution in [0.3, 0.4) is 0 Å². The minimum absolute atomic E-state index is 0.0120. The molecule has 0 radical (unpaired) electrons. The third-order valence-corrected chi connectivity index (χ3v) is 4.20. The zero-order valence-electron chi connectivity index (χ0n) is 14.1. The molecule has 2 N–H and O–H groups in total. The third-order valence-electron chi connectivity index (χ3n) is 3.97. The van der Waals surface area contributed by atoms with Gasteiger partial charge in [0.2, 0.25) is 11.8 Å². The van der Waals surface area contributed by atoms with Gasteiger partial charge in [0.05, 0.1) is 6.54 Å². The lowest BCUT2D eigenvalue weighted by molar-refractivity contribution is -0.122. The third kappa shape index (κ3) is 6.47. The summed E-state index contributed by atoms with van der Waals surface area (Å²) in [5.74, 6) is 0.0638. The van der Waals surface area contributed by atoms with Crippen LogP contribution in [0.5, 0.6) is 0 Å². The van der Waals surface area contributed by atoms with E-state index in [4.69, 9.17) is 11.6 Å². The van der Waals surface area contributed by atoms with E-state index in [2.05, 4.69) is 20.4 Å². The Morgan fingerprint density at radius 2 is 1.83 bits per heavy atom. The number of hydrogen-bond acceptors (Lipinski definition) is 4. The second kappa shape index (κ2) is 9.61. The van der Waals surface area contributed by atoms with Gasteiger partial charge in [0.25, 0.3) is 0 Å². The number of carbonyl (C=O) groups is 2. The van der Waals surface area contributed by atoms with Crippen molar-refractivity contribution in [3.05, 3.63) is 29.3 Å². The highest BCUT2D eigenvalue weighted by Gasteiger charge is 2.19. The van der Waals surface area contributed by atoms with E-state index in [9.17, 15) is 9.59 Å². The summed E-state index contributed by atoms with van der Waals surface area (Å²) in [6.45, 7) is 7.23. The van der Waals surface area contributed by atoms with Crippen molar-refractivity contribution in [2.24, 2.45) is 0 Å². The van der Waals surface area contributed by atoms with Crippen LogP contribution in [-0.4, -0.2) is 67.4 Å². The Bertz CT molecular complexity index is 559. The molecule has 1 saturated heterocycles. The number of amides is 2. The summed E-state index contributed by atoms with van der Waals surface area (Å²) in [4.78, 5) is 28.0. The fourth-order valence-corrected chi connectivity index (χ4v) is 2.87. The molecular weight excluding hydrogens is 328 g/mol. The quantitative estimate of drug-likeness (QED) is 0.779. The zero-order valence-corrected chi connectivity index (χ0v) is 14.8. The first-order valence-corrected chi connectivity index (χ1v) is 8.71. The van der Waals surface area contributed by atoms with E-state index in [0.717, 1.165) is 38.4 Å². The predicted molar refractivity (Wildman–Crippen MR) is 96.3 cm³/mol. The molecule has 0 bridgehead atoms. The first-order valence-electron chi connectivity index (χ1n) is 8.33. The number of benzene rings is 1. The fourth-order valence-electron chi connectivity index (χ4n) is 2.68. The van der Waals surface area contributed by atoms with Crippen LogP contribution in [0.4, 0.5) is 5.69 Å². The predicted octanol–water partition coefficient (Wildman–Crippen LogP) is 1.42. The smallest absolute Gasteiger partial charge is 0.234 e. The molecule has 132 valence electrons. The molecule has 7 heteroatoms. The van der Waals surface area contributed by atoms with E-state index in [1.807, 2.05) is 19.1 Å². The summed E-state index contributed by atoms with van der Waals surface area (Å²) in [5.41, 5.74) is 0.722. The summed E-state index contributed by atoms with van der Waals surface area (Å²) in [6, 6.07) is 7.15. The lowest BCUT2D eigenvalue weighted by atomic mass is 10.2. The van der Waals surface area contributed by atoms with Crippen LogP contribution >= 0.6 is 11.6 Å². The van der Waals surface area contributed by atoms with Crippen LogP contribution in [0, 0.1) is 0 Å². The molecule has 2 amide bonds. The molecule has 1 aromatic carbocycles. The number of hydrogen-bond donors (Lipinski definition) is 2. The molecular formula is C17H25ClN4O2. The van der Waals surface area contributed by atoms with Crippen molar-refractivity contribution < 1.29 is 9.59 Å². The molecule has 0 saturated carbocycles. The van der Waals surface area contributed by atoms with Crippen LogP contribution in [-0.2, 0) is 9.59 Å². The minimum Gasteiger partial charge on any atom is -0.355 e. The van der Waals surface area contributed by atoms with Gasteiger partial charge in [-0.25, -0.2) is 0 Å². The molecule has 0 unspecified atom stereocenters. The normalized spacial score (nSPS) is 15.9. The van der Waals surface area contributed by atoms with E-state index in [1.165, 1.54) is 0 Å². The average molecular weight is 353 g/mol. The van der Waals surface area contributed by atoms with Crippen molar-refractivity contribution in [2.75, 3.05) is 51.1 Å². The number of piperazine rings is 1. The van der Waals surface area contributed by atoms with Gasteiger partial charge in [-0.1, -0.05) is 17.7 Å². The number of rotatable bonds is 7. The zero-order chi connectivity index (χ0) is 17.4. The van der Waals surface area contributed by atoms with Gasteiger partial charge in [0.15, 0.2) is 0 Å². The fraction of sp³-hybridized carbons (Fsp3) is 0.529. The van der Waals surface area contributed by atoms with E-state index in [-0.39, 0.29) is 11.8 Å². The molecule has 24 heavy (non-hydrogen) atoms. The second-order valence-electron chi connectivity index (χ2n) is 5.88. The van der Waals surface area contributed by atoms with Gasteiger partial charge in [-0.3, -0.25) is 14.5 Å². The van der Waals surface area contributed by atoms with Crippen molar-refractivity contribution in [1.29, 1.82) is 0 Å². The number of halogens is 1. The molecule has 6 nitrogen and oxygen atoms in total. The molecule has 1 fully saturated rings. The minimum atomic E-state index is -0.0120. The molecule has 2 rings (SSSR count). The molecule has 0 atom stereocenters. The Morgan fingerprint density at radius 3 is 2.50 bits per heavy atom. The number of anilines is 1. The van der Waals surface area contributed by atoms with E-state index >= 15 is 0 Å². The van der Waals surface area contributed by atoms with Gasteiger partial charge in [-0.2, -0.15) is 0 Å². The lowest BCUT2D eigenvalue weighted by Gasteiger charge is -2.34. The maximum atomic E-state index is 12.0. The van der Waals surface area contributed by atoms with Gasteiger partial charge < -0.3 is 15.5 Å². The first-order chi connectivity index (χ1) is 11.6. The van der Waals surface area contributed by atoms with Gasteiger partial charge >= 0.3 is 0 Å². The molecule has 1 aliphatic heterocycles. The monoisotopic (exact) mass is 352 g/mol. The Hall–Kier alpha value is -1.63. The summed E-state index contributed by atoms with van der Waals surface area (Å²) >= 11 is 5.90. The highest BCUT2D eigenvalue weighted by Crippen LogP contribution is 2.15. The summed E-state index contributed by atoms with van der Waals surface area (Å²) in [7, 11) is 0. The SMILES string of the molecule is CCNC(=O)CN1CCN(CCC(=O)Nc2cccc(Cl)c2)CC1.